The summed E-state index contributed by atoms with van der Waals surface area (Å²) in [5, 5.41) is 5.77. The molecule has 1 nitrogen and oxygen atoms in total. The summed E-state index contributed by atoms with van der Waals surface area (Å²) < 4.78 is 2.33. The first kappa shape index (κ1) is 15.0. The number of aryl methyl sites for hydroxylation is 1. The maximum Gasteiger partial charge on any atom is 0.157 e. The topological polar surface area (TPSA) is 4.93 Å². The molecule has 0 aliphatic carbocycles. The first-order valence-corrected chi connectivity index (χ1v) is 9.79. The van der Waals surface area contributed by atoms with E-state index >= 15 is 0 Å². The number of rotatable bonds is 3. The minimum Gasteiger partial charge on any atom is -0.348 e. The zero-order valence-electron chi connectivity index (χ0n) is 14.0. The highest BCUT2D eigenvalue weighted by atomic mass is 28.3. The molecule has 0 fully saturated rings. The average molecular weight is 326 g/mol. The zero-order valence-corrected chi connectivity index (χ0v) is 15.0. The second kappa shape index (κ2) is 6.14. The molecule has 117 valence electrons. The van der Waals surface area contributed by atoms with Crippen LogP contribution in [0.2, 0.25) is 0 Å². The fraction of sp³-hybridized carbons (Fsp3) is 0.0909. The third-order valence-corrected chi connectivity index (χ3v) is 7.73. The summed E-state index contributed by atoms with van der Waals surface area (Å²) in [6, 6.07) is 30.7. The number of aromatic nitrogens is 1. The average Bonchev–Trinajstić information content (AvgIpc) is 2.90. The standard InChI is InChI=1S/C22H20NSi/c1-17-22(20-15-9-10-16-21(20)23(17)2)24(18-11-5-3-6-12-18)19-13-7-4-8-14-19/h3-16H,1-2H3. The molecule has 0 N–H and O–H groups in total. The summed E-state index contributed by atoms with van der Waals surface area (Å²) >= 11 is 0. The van der Waals surface area contributed by atoms with Crippen LogP contribution in [0.1, 0.15) is 5.69 Å². The van der Waals surface area contributed by atoms with Crippen molar-refractivity contribution in [3.05, 3.63) is 90.6 Å². The van der Waals surface area contributed by atoms with Crippen molar-refractivity contribution in [2.24, 2.45) is 7.05 Å². The lowest BCUT2D eigenvalue weighted by molar-refractivity contribution is 0.922. The van der Waals surface area contributed by atoms with E-state index in [-0.39, 0.29) is 0 Å². The van der Waals surface area contributed by atoms with E-state index in [1.54, 1.807) is 0 Å². The molecule has 0 amide bonds. The summed E-state index contributed by atoms with van der Waals surface area (Å²) in [4.78, 5) is 0. The molecule has 0 saturated carbocycles. The van der Waals surface area contributed by atoms with Gasteiger partial charge < -0.3 is 4.57 Å². The lowest BCUT2D eigenvalue weighted by atomic mass is 10.2. The van der Waals surface area contributed by atoms with Crippen molar-refractivity contribution >= 4 is 35.3 Å². The summed E-state index contributed by atoms with van der Waals surface area (Å²) in [6.07, 6.45) is 0. The van der Waals surface area contributed by atoms with Gasteiger partial charge in [0.05, 0.1) is 0 Å². The van der Waals surface area contributed by atoms with Crippen molar-refractivity contribution in [2.45, 2.75) is 6.92 Å². The fourth-order valence-electron chi connectivity index (χ4n) is 3.50. The van der Waals surface area contributed by atoms with Crippen molar-refractivity contribution in [3.8, 4) is 0 Å². The number of hydrogen-bond donors (Lipinski definition) is 0. The Morgan fingerprint density at radius 3 is 1.75 bits per heavy atom. The van der Waals surface area contributed by atoms with Gasteiger partial charge in [0.15, 0.2) is 8.80 Å². The van der Waals surface area contributed by atoms with Gasteiger partial charge in [-0.3, -0.25) is 0 Å². The first-order chi connectivity index (χ1) is 11.8. The molecule has 0 unspecified atom stereocenters. The molecule has 1 aromatic heterocycles. The van der Waals surface area contributed by atoms with Crippen LogP contribution in [0, 0.1) is 6.92 Å². The highest BCUT2D eigenvalue weighted by molar-refractivity contribution is 6.97. The number of hydrogen-bond acceptors (Lipinski definition) is 0. The summed E-state index contributed by atoms with van der Waals surface area (Å²) in [5.41, 5.74) is 2.69. The molecular weight excluding hydrogens is 306 g/mol. The van der Waals surface area contributed by atoms with Crippen LogP contribution >= 0.6 is 0 Å². The molecule has 0 spiro atoms. The Morgan fingerprint density at radius 2 is 1.17 bits per heavy atom. The SMILES string of the molecule is Cc1c([Si](c2ccccc2)c2ccccc2)c2ccccc2n1C. The number of para-hydroxylation sites is 1. The lowest BCUT2D eigenvalue weighted by Gasteiger charge is -2.17. The van der Waals surface area contributed by atoms with Crippen LogP contribution in [0.15, 0.2) is 84.9 Å². The molecule has 0 aliphatic rings. The van der Waals surface area contributed by atoms with E-state index in [4.69, 9.17) is 0 Å². The van der Waals surface area contributed by atoms with Gasteiger partial charge in [-0.2, -0.15) is 0 Å². The quantitative estimate of drug-likeness (QED) is 0.510. The van der Waals surface area contributed by atoms with E-state index < -0.39 is 8.80 Å². The first-order valence-electron chi connectivity index (χ1n) is 8.29. The molecule has 24 heavy (non-hydrogen) atoms. The number of fused-ring (bicyclic) bond motifs is 1. The summed E-state index contributed by atoms with van der Waals surface area (Å²) in [6.45, 7) is 2.26. The van der Waals surface area contributed by atoms with E-state index in [2.05, 4.69) is 103 Å². The van der Waals surface area contributed by atoms with Gasteiger partial charge in [0.1, 0.15) is 0 Å². The van der Waals surface area contributed by atoms with Crippen LogP contribution in [0.4, 0.5) is 0 Å². The Morgan fingerprint density at radius 1 is 0.667 bits per heavy atom. The molecule has 0 atom stereocenters. The highest BCUT2D eigenvalue weighted by Gasteiger charge is 2.25. The molecule has 0 saturated heterocycles. The predicted octanol–water partition coefficient (Wildman–Crippen LogP) is 3.00. The molecule has 4 aromatic rings. The number of nitrogens with zero attached hydrogens (tertiary/aromatic N) is 1. The highest BCUT2D eigenvalue weighted by Crippen LogP contribution is 2.17. The minimum atomic E-state index is -1.03. The molecule has 2 heteroatoms. The second-order valence-electron chi connectivity index (χ2n) is 6.14. The molecule has 4 rings (SSSR count). The van der Waals surface area contributed by atoms with Crippen molar-refractivity contribution in [1.82, 2.24) is 4.57 Å². The van der Waals surface area contributed by atoms with Gasteiger partial charge >= 0.3 is 0 Å². The smallest absolute Gasteiger partial charge is 0.157 e. The monoisotopic (exact) mass is 326 g/mol. The third kappa shape index (κ3) is 2.40. The Balaban J connectivity index is 2.04. The van der Waals surface area contributed by atoms with Crippen molar-refractivity contribution in [3.63, 3.8) is 0 Å². The Bertz CT molecular complexity index is 931. The molecular formula is C22H20NSi. The Hall–Kier alpha value is -2.58. The molecule has 1 radical (unpaired) electrons. The summed E-state index contributed by atoms with van der Waals surface area (Å²) in [7, 11) is 1.14. The maximum atomic E-state index is 2.33. The van der Waals surface area contributed by atoms with E-state index in [0.29, 0.717) is 0 Å². The van der Waals surface area contributed by atoms with E-state index in [1.165, 1.54) is 32.2 Å². The van der Waals surface area contributed by atoms with Crippen LogP contribution in [-0.4, -0.2) is 13.4 Å². The largest absolute Gasteiger partial charge is 0.348 e. The van der Waals surface area contributed by atoms with Gasteiger partial charge in [0.25, 0.3) is 0 Å². The number of benzene rings is 3. The molecule has 1 heterocycles. The van der Waals surface area contributed by atoms with Crippen LogP contribution in [0.5, 0.6) is 0 Å². The van der Waals surface area contributed by atoms with Gasteiger partial charge in [-0.15, -0.1) is 0 Å². The predicted molar refractivity (Wildman–Crippen MR) is 105 cm³/mol. The van der Waals surface area contributed by atoms with E-state index in [1.807, 2.05) is 0 Å². The van der Waals surface area contributed by atoms with Crippen LogP contribution in [0.25, 0.3) is 10.9 Å². The lowest BCUT2D eigenvalue weighted by Crippen LogP contribution is -2.52. The normalized spacial score (nSPS) is 11.3. The van der Waals surface area contributed by atoms with Crippen LogP contribution in [-0.2, 0) is 7.05 Å². The minimum absolute atomic E-state index is 1.03. The fourth-order valence-corrected chi connectivity index (χ4v) is 6.47. The molecule has 3 aromatic carbocycles. The van der Waals surface area contributed by atoms with Gasteiger partial charge in [-0.1, -0.05) is 89.2 Å². The molecule has 0 aliphatic heterocycles. The van der Waals surface area contributed by atoms with Gasteiger partial charge in [0, 0.05) is 18.3 Å². The van der Waals surface area contributed by atoms with Crippen molar-refractivity contribution in [1.29, 1.82) is 0 Å². The summed E-state index contributed by atoms with van der Waals surface area (Å²) in [5.74, 6) is 0. The third-order valence-electron chi connectivity index (χ3n) is 4.77. The zero-order chi connectivity index (χ0) is 16.5. The van der Waals surface area contributed by atoms with Crippen LogP contribution < -0.4 is 15.6 Å². The van der Waals surface area contributed by atoms with E-state index in [0.717, 1.165) is 0 Å². The van der Waals surface area contributed by atoms with Gasteiger partial charge in [-0.25, -0.2) is 0 Å². The Labute approximate surface area is 144 Å². The van der Waals surface area contributed by atoms with Crippen molar-refractivity contribution in [2.75, 3.05) is 0 Å². The van der Waals surface area contributed by atoms with E-state index in [9.17, 15) is 0 Å². The second-order valence-corrected chi connectivity index (χ2v) is 8.55. The molecule has 0 bridgehead atoms. The van der Waals surface area contributed by atoms with Crippen molar-refractivity contribution < 1.29 is 0 Å². The maximum absolute atomic E-state index is 2.33. The Kier molecular flexibility index (Phi) is 3.83. The van der Waals surface area contributed by atoms with Gasteiger partial charge in [0.2, 0.25) is 0 Å². The van der Waals surface area contributed by atoms with Gasteiger partial charge in [-0.05, 0) is 23.6 Å². The van der Waals surface area contributed by atoms with Crippen LogP contribution in [0.3, 0.4) is 0 Å².